The van der Waals surface area contributed by atoms with Crippen molar-refractivity contribution in [1.82, 2.24) is 9.88 Å². The summed E-state index contributed by atoms with van der Waals surface area (Å²) in [5.74, 6) is 2.49. The average molecular weight is 367 g/mol. The molecule has 1 fully saturated rings. The van der Waals surface area contributed by atoms with Gasteiger partial charge in [0, 0.05) is 25.3 Å². The lowest BCUT2D eigenvalue weighted by molar-refractivity contribution is -0.137. The minimum absolute atomic E-state index is 0.120. The number of carbonyl (C=O) groups is 1. The number of amides is 1. The number of benzene rings is 1. The normalized spacial score (nSPS) is 19.7. The maximum Gasteiger partial charge on any atom is 0.229 e. The van der Waals surface area contributed by atoms with E-state index < -0.39 is 0 Å². The van der Waals surface area contributed by atoms with Crippen LogP contribution in [0, 0.1) is 5.92 Å². The zero-order valence-corrected chi connectivity index (χ0v) is 15.6. The van der Waals surface area contributed by atoms with Crippen LogP contribution in [0.15, 0.2) is 42.6 Å². The topological polar surface area (TPSA) is 63.7 Å². The summed E-state index contributed by atoms with van der Waals surface area (Å²) in [5, 5.41) is 3.46. The molecule has 6 heteroatoms. The van der Waals surface area contributed by atoms with Crippen LogP contribution < -0.4 is 14.8 Å². The summed E-state index contributed by atoms with van der Waals surface area (Å²) in [4.78, 5) is 19.3. The summed E-state index contributed by atoms with van der Waals surface area (Å²) in [6.45, 7) is 1.95. The molecule has 4 rings (SSSR count). The van der Waals surface area contributed by atoms with Crippen LogP contribution in [-0.2, 0) is 11.2 Å². The van der Waals surface area contributed by atoms with Crippen LogP contribution in [0.1, 0.15) is 18.4 Å². The molecule has 1 amide bonds. The number of para-hydroxylation sites is 1. The van der Waals surface area contributed by atoms with Crippen molar-refractivity contribution in [2.45, 2.75) is 25.3 Å². The summed E-state index contributed by atoms with van der Waals surface area (Å²) in [7, 11) is 1.64. The van der Waals surface area contributed by atoms with E-state index in [9.17, 15) is 4.79 Å². The molecule has 1 aromatic carbocycles. The number of aromatic nitrogens is 1. The van der Waals surface area contributed by atoms with Crippen molar-refractivity contribution in [1.29, 1.82) is 0 Å². The minimum atomic E-state index is -0.120. The van der Waals surface area contributed by atoms with Gasteiger partial charge in [-0.25, -0.2) is 4.98 Å². The van der Waals surface area contributed by atoms with E-state index in [4.69, 9.17) is 9.47 Å². The van der Waals surface area contributed by atoms with Gasteiger partial charge >= 0.3 is 0 Å². The molecule has 142 valence electrons. The smallest absolute Gasteiger partial charge is 0.229 e. The number of hydrogen-bond acceptors (Lipinski definition) is 5. The molecule has 0 saturated carbocycles. The molecule has 0 unspecified atom stereocenters. The van der Waals surface area contributed by atoms with Crippen LogP contribution in [0.5, 0.6) is 11.5 Å². The number of rotatable bonds is 4. The summed E-state index contributed by atoms with van der Waals surface area (Å²) < 4.78 is 11.2. The van der Waals surface area contributed by atoms with Crippen molar-refractivity contribution in [3.8, 4) is 11.5 Å². The number of carbonyl (C=O) groups excluding carboxylic acids is 1. The van der Waals surface area contributed by atoms with E-state index in [1.807, 2.05) is 41.3 Å². The number of piperidine rings is 1. The summed E-state index contributed by atoms with van der Waals surface area (Å²) in [5.41, 5.74) is 1.05. The standard InChI is InChI=1S/C21H25N3O3/c1-26-18-6-4-5-15-13-16(14-27-20(15)18)21(25)24-11-8-17(9-12-24)23-19-7-2-3-10-22-19/h2-7,10,16-17H,8-9,11-14H2,1H3,(H,22,23)/t16-/m1/s1. The number of hydrogen-bond donors (Lipinski definition) is 1. The van der Waals surface area contributed by atoms with Crippen LogP contribution in [0.2, 0.25) is 0 Å². The van der Waals surface area contributed by atoms with Crippen molar-refractivity contribution < 1.29 is 14.3 Å². The molecule has 6 nitrogen and oxygen atoms in total. The van der Waals surface area contributed by atoms with Gasteiger partial charge in [-0.05, 0) is 43.0 Å². The van der Waals surface area contributed by atoms with E-state index in [1.165, 1.54) is 0 Å². The highest BCUT2D eigenvalue weighted by molar-refractivity contribution is 5.80. The molecule has 1 saturated heterocycles. The highest BCUT2D eigenvalue weighted by atomic mass is 16.5. The second-order valence-electron chi connectivity index (χ2n) is 7.12. The fraction of sp³-hybridized carbons (Fsp3) is 0.429. The Morgan fingerprint density at radius 3 is 2.81 bits per heavy atom. The molecule has 0 bridgehead atoms. The molecule has 1 aromatic heterocycles. The number of ether oxygens (including phenoxy) is 2. The first kappa shape index (κ1) is 17.6. The second kappa shape index (κ2) is 7.86. The minimum Gasteiger partial charge on any atom is -0.493 e. The molecule has 2 aliphatic heterocycles. The lowest BCUT2D eigenvalue weighted by Gasteiger charge is -2.36. The summed E-state index contributed by atoms with van der Waals surface area (Å²) in [6, 6.07) is 12.1. The Labute approximate surface area is 159 Å². The van der Waals surface area contributed by atoms with Gasteiger partial charge in [0.1, 0.15) is 12.4 Å². The van der Waals surface area contributed by atoms with Gasteiger partial charge in [0.05, 0.1) is 13.0 Å². The molecule has 1 N–H and O–H groups in total. The fourth-order valence-electron chi connectivity index (χ4n) is 3.87. The van der Waals surface area contributed by atoms with Crippen molar-refractivity contribution in [2.24, 2.45) is 5.92 Å². The van der Waals surface area contributed by atoms with Gasteiger partial charge in [0.2, 0.25) is 5.91 Å². The Kier molecular flexibility index (Phi) is 5.14. The summed E-state index contributed by atoms with van der Waals surface area (Å²) >= 11 is 0. The molecular formula is C21H25N3O3. The molecule has 0 spiro atoms. The Morgan fingerprint density at radius 2 is 2.07 bits per heavy atom. The zero-order valence-electron chi connectivity index (χ0n) is 15.6. The number of nitrogens with zero attached hydrogens (tertiary/aromatic N) is 2. The van der Waals surface area contributed by atoms with E-state index in [2.05, 4.69) is 10.3 Å². The number of fused-ring (bicyclic) bond motifs is 1. The Bertz CT molecular complexity index is 789. The number of methoxy groups -OCH3 is 1. The molecule has 27 heavy (non-hydrogen) atoms. The first-order chi connectivity index (χ1) is 13.2. The number of nitrogens with one attached hydrogen (secondary N) is 1. The molecule has 2 aromatic rings. The molecule has 2 aliphatic rings. The van der Waals surface area contributed by atoms with Crippen LogP contribution >= 0.6 is 0 Å². The quantitative estimate of drug-likeness (QED) is 0.900. The predicted molar refractivity (Wildman–Crippen MR) is 103 cm³/mol. The van der Waals surface area contributed by atoms with Crippen molar-refractivity contribution in [2.75, 3.05) is 32.1 Å². The van der Waals surface area contributed by atoms with Crippen molar-refractivity contribution >= 4 is 11.7 Å². The zero-order chi connectivity index (χ0) is 18.6. The van der Waals surface area contributed by atoms with Crippen molar-refractivity contribution in [3.05, 3.63) is 48.2 Å². The monoisotopic (exact) mass is 367 g/mol. The third-order valence-corrected chi connectivity index (χ3v) is 5.35. The number of anilines is 1. The van der Waals surface area contributed by atoms with E-state index in [0.29, 0.717) is 19.1 Å². The first-order valence-corrected chi connectivity index (χ1v) is 9.49. The second-order valence-corrected chi connectivity index (χ2v) is 7.12. The third-order valence-electron chi connectivity index (χ3n) is 5.35. The van der Waals surface area contributed by atoms with Gasteiger partial charge in [-0.15, -0.1) is 0 Å². The van der Waals surface area contributed by atoms with E-state index in [1.54, 1.807) is 13.3 Å². The van der Waals surface area contributed by atoms with Gasteiger partial charge in [-0.3, -0.25) is 4.79 Å². The van der Waals surface area contributed by atoms with Crippen LogP contribution in [0.4, 0.5) is 5.82 Å². The van der Waals surface area contributed by atoms with Gasteiger partial charge < -0.3 is 19.7 Å². The first-order valence-electron chi connectivity index (χ1n) is 9.49. The average Bonchev–Trinajstić information content (AvgIpc) is 2.73. The predicted octanol–water partition coefficient (Wildman–Crippen LogP) is 2.74. The van der Waals surface area contributed by atoms with E-state index in [-0.39, 0.29) is 11.8 Å². The van der Waals surface area contributed by atoms with E-state index >= 15 is 0 Å². The fourth-order valence-corrected chi connectivity index (χ4v) is 3.87. The SMILES string of the molecule is COc1cccc2c1OC[C@H](C(=O)N1CCC(Nc3ccccn3)CC1)C2. The van der Waals surface area contributed by atoms with Crippen LogP contribution in [-0.4, -0.2) is 48.6 Å². The van der Waals surface area contributed by atoms with E-state index in [0.717, 1.165) is 48.8 Å². The van der Waals surface area contributed by atoms with Crippen LogP contribution in [0.25, 0.3) is 0 Å². The maximum absolute atomic E-state index is 13.0. The highest BCUT2D eigenvalue weighted by Crippen LogP contribution is 2.36. The van der Waals surface area contributed by atoms with Crippen molar-refractivity contribution in [3.63, 3.8) is 0 Å². The van der Waals surface area contributed by atoms with Gasteiger partial charge in [0.15, 0.2) is 11.5 Å². The molecule has 3 heterocycles. The molecule has 1 atom stereocenters. The third kappa shape index (κ3) is 3.84. The number of pyridine rings is 1. The maximum atomic E-state index is 13.0. The largest absolute Gasteiger partial charge is 0.493 e. The number of likely N-dealkylation sites (tertiary alicyclic amines) is 1. The lowest BCUT2D eigenvalue weighted by atomic mass is 9.94. The highest BCUT2D eigenvalue weighted by Gasteiger charge is 2.32. The Balaban J connectivity index is 1.33. The Morgan fingerprint density at radius 1 is 1.22 bits per heavy atom. The summed E-state index contributed by atoms with van der Waals surface area (Å²) in [6.07, 6.45) is 4.36. The molecular weight excluding hydrogens is 342 g/mol. The van der Waals surface area contributed by atoms with Gasteiger partial charge in [-0.2, -0.15) is 0 Å². The molecule has 0 radical (unpaired) electrons. The van der Waals surface area contributed by atoms with Gasteiger partial charge in [-0.1, -0.05) is 18.2 Å². The molecule has 0 aliphatic carbocycles. The van der Waals surface area contributed by atoms with Crippen LogP contribution in [0.3, 0.4) is 0 Å². The lowest BCUT2D eigenvalue weighted by Crippen LogP contribution is -2.47. The Hall–Kier alpha value is -2.76. The van der Waals surface area contributed by atoms with Gasteiger partial charge in [0.25, 0.3) is 0 Å².